The Hall–Kier alpha value is -1.95. The molecule has 1 amide bonds. The molecule has 6 heteroatoms. The van der Waals surface area contributed by atoms with Gasteiger partial charge >= 0.3 is 6.09 Å². The first-order chi connectivity index (χ1) is 9.83. The maximum atomic E-state index is 11.7. The molecule has 1 aromatic carbocycles. The van der Waals surface area contributed by atoms with Crippen LogP contribution in [0.25, 0.3) is 0 Å². The average Bonchev–Trinajstić information content (AvgIpc) is 2.28. The maximum absolute atomic E-state index is 11.7. The summed E-state index contributed by atoms with van der Waals surface area (Å²) in [6, 6.07) is 5.28. The molecule has 1 aromatic rings. The van der Waals surface area contributed by atoms with E-state index >= 15 is 0 Å². The van der Waals surface area contributed by atoms with Crippen molar-refractivity contribution < 1.29 is 14.3 Å². The van der Waals surface area contributed by atoms with Gasteiger partial charge in [-0.3, -0.25) is 5.32 Å². The Morgan fingerprint density at radius 2 is 2.19 bits per heavy atom. The molecule has 1 aliphatic heterocycles. The molecule has 0 unspecified atom stereocenters. The normalized spacial score (nSPS) is 17.8. The molecule has 0 spiro atoms. The first kappa shape index (κ1) is 15.4. The van der Waals surface area contributed by atoms with Crippen molar-refractivity contribution in [3.05, 3.63) is 18.2 Å². The van der Waals surface area contributed by atoms with Crippen LogP contribution in [0.2, 0.25) is 0 Å². The summed E-state index contributed by atoms with van der Waals surface area (Å²) in [6.45, 7) is 6.99. The molecule has 2 rings (SSSR count). The van der Waals surface area contributed by atoms with E-state index < -0.39 is 11.7 Å². The molecule has 21 heavy (non-hydrogen) atoms. The van der Waals surface area contributed by atoms with Crippen LogP contribution in [0.4, 0.5) is 21.9 Å². The standard InChI is InChI=1S/C15H23N3O3/c1-15(2,3)21-14(19)18-10-4-5-12(16)13(8-10)17-9-11-6-7-20-11/h4-5,8,11,17H,6-7,9,16H2,1-3H3,(H,18,19)/t11-/m0/s1. The van der Waals surface area contributed by atoms with Gasteiger partial charge in [0.15, 0.2) is 0 Å². The van der Waals surface area contributed by atoms with Crippen molar-refractivity contribution in [3.63, 3.8) is 0 Å². The van der Waals surface area contributed by atoms with Crippen molar-refractivity contribution in [3.8, 4) is 0 Å². The molecule has 0 radical (unpaired) electrons. The number of carbonyl (C=O) groups excluding carboxylic acids is 1. The fraction of sp³-hybridized carbons (Fsp3) is 0.533. The molecule has 1 fully saturated rings. The molecule has 0 bridgehead atoms. The zero-order valence-corrected chi connectivity index (χ0v) is 12.7. The monoisotopic (exact) mass is 293 g/mol. The SMILES string of the molecule is CC(C)(C)OC(=O)Nc1ccc(N)c(NC[C@@H]2CCO2)c1. The van der Waals surface area contributed by atoms with Crippen LogP contribution in [-0.4, -0.2) is 30.9 Å². The average molecular weight is 293 g/mol. The lowest BCUT2D eigenvalue weighted by Crippen LogP contribution is -2.33. The lowest BCUT2D eigenvalue weighted by molar-refractivity contribution is -0.0410. The third kappa shape index (κ3) is 4.82. The van der Waals surface area contributed by atoms with Gasteiger partial charge in [0.1, 0.15) is 5.60 Å². The van der Waals surface area contributed by atoms with E-state index in [2.05, 4.69) is 10.6 Å². The second-order valence-corrected chi connectivity index (χ2v) is 6.09. The molecule has 0 saturated carbocycles. The Morgan fingerprint density at radius 3 is 2.76 bits per heavy atom. The Kier molecular flexibility index (Phi) is 4.57. The highest BCUT2D eigenvalue weighted by molar-refractivity contribution is 5.87. The highest BCUT2D eigenvalue weighted by Crippen LogP contribution is 2.24. The number of anilines is 3. The van der Waals surface area contributed by atoms with Gasteiger partial charge in [-0.25, -0.2) is 4.79 Å². The zero-order chi connectivity index (χ0) is 15.5. The Bertz CT molecular complexity index is 507. The van der Waals surface area contributed by atoms with Crippen LogP contribution in [0.5, 0.6) is 0 Å². The lowest BCUT2D eigenvalue weighted by atomic mass is 10.2. The van der Waals surface area contributed by atoms with E-state index in [1.807, 2.05) is 20.8 Å². The van der Waals surface area contributed by atoms with Crippen molar-refractivity contribution in [2.45, 2.75) is 38.9 Å². The highest BCUT2D eigenvalue weighted by Gasteiger charge is 2.18. The van der Waals surface area contributed by atoms with E-state index in [9.17, 15) is 4.79 Å². The summed E-state index contributed by atoms with van der Waals surface area (Å²) in [6.07, 6.45) is 0.815. The highest BCUT2D eigenvalue weighted by atomic mass is 16.6. The molecule has 1 atom stereocenters. The minimum absolute atomic E-state index is 0.242. The molecular weight excluding hydrogens is 270 g/mol. The van der Waals surface area contributed by atoms with Crippen LogP contribution >= 0.6 is 0 Å². The van der Waals surface area contributed by atoms with Crippen LogP contribution in [0, 0.1) is 0 Å². The van der Waals surface area contributed by atoms with E-state index in [1.54, 1.807) is 18.2 Å². The van der Waals surface area contributed by atoms with Crippen molar-refractivity contribution in [2.75, 3.05) is 29.5 Å². The number of rotatable bonds is 4. The van der Waals surface area contributed by atoms with E-state index in [-0.39, 0.29) is 6.10 Å². The van der Waals surface area contributed by atoms with Crippen molar-refractivity contribution >= 4 is 23.2 Å². The van der Waals surface area contributed by atoms with Gasteiger partial charge < -0.3 is 20.5 Å². The predicted molar refractivity (Wildman–Crippen MR) is 83.6 cm³/mol. The summed E-state index contributed by atoms with van der Waals surface area (Å²) < 4.78 is 10.6. The van der Waals surface area contributed by atoms with Crippen LogP contribution in [0.15, 0.2) is 18.2 Å². The molecule has 1 heterocycles. The first-order valence-electron chi connectivity index (χ1n) is 7.08. The quantitative estimate of drug-likeness (QED) is 0.743. The van der Waals surface area contributed by atoms with E-state index in [0.29, 0.717) is 17.9 Å². The fourth-order valence-corrected chi connectivity index (χ4v) is 1.88. The second-order valence-electron chi connectivity index (χ2n) is 6.09. The summed E-state index contributed by atoms with van der Waals surface area (Å²) >= 11 is 0. The third-order valence-corrected chi connectivity index (χ3v) is 3.01. The number of ether oxygens (including phenoxy) is 2. The van der Waals surface area contributed by atoms with Gasteiger partial charge in [0, 0.05) is 18.8 Å². The largest absolute Gasteiger partial charge is 0.444 e. The van der Waals surface area contributed by atoms with Crippen LogP contribution in [0.1, 0.15) is 27.2 Å². The Morgan fingerprint density at radius 1 is 1.48 bits per heavy atom. The Labute approximate surface area is 125 Å². The van der Waals surface area contributed by atoms with Gasteiger partial charge in [-0.15, -0.1) is 0 Å². The van der Waals surface area contributed by atoms with Gasteiger partial charge in [-0.2, -0.15) is 0 Å². The molecule has 1 aliphatic rings. The topological polar surface area (TPSA) is 85.6 Å². The first-order valence-corrected chi connectivity index (χ1v) is 7.08. The zero-order valence-electron chi connectivity index (χ0n) is 12.7. The number of hydrogen-bond acceptors (Lipinski definition) is 5. The van der Waals surface area contributed by atoms with Gasteiger partial charge in [0.25, 0.3) is 0 Å². The number of amides is 1. The van der Waals surface area contributed by atoms with E-state index in [4.69, 9.17) is 15.2 Å². The summed E-state index contributed by atoms with van der Waals surface area (Å²) in [5.41, 5.74) is 7.43. The summed E-state index contributed by atoms with van der Waals surface area (Å²) in [7, 11) is 0. The smallest absolute Gasteiger partial charge is 0.412 e. The van der Waals surface area contributed by atoms with E-state index in [1.165, 1.54) is 0 Å². The van der Waals surface area contributed by atoms with Crippen LogP contribution in [-0.2, 0) is 9.47 Å². The number of nitrogen functional groups attached to an aromatic ring is 1. The van der Waals surface area contributed by atoms with Gasteiger partial charge in [-0.1, -0.05) is 0 Å². The molecule has 0 aliphatic carbocycles. The van der Waals surface area contributed by atoms with Gasteiger partial charge in [-0.05, 0) is 45.4 Å². The fourth-order valence-electron chi connectivity index (χ4n) is 1.88. The third-order valence-electron chi connectivity index (χ3n) is 3.01. The number of hydrogen-bond donors (Lipinski definition) is 3. The molecular formula is C15H23N3O3. The molecule has 6 nitrogen and oxygen atoms in total. The molecule has 0 aromatic heterocycles. The minimum Gasteiger partial charge on any atom is -0.444 e. The van der Waals surface area contributed by atoms with Crippen molar-refractivity contribution in [2.24, 2.45) is 0 Å². The number of nitrogens with one attached hydrogen (secondary N) is 2. The molecule has 1 saturated heterocycles. The summed E-state index contributed by atoms with van der Waals surface area (Å²) in [5.74, 6) is 0. The lowest BCUT2D eigenvalue weighted by Gasteiger charge is -2.27. The van der Waals surface area contributed by atoms with Crippen molar-refractivity contribution in [1.29, 1.82) is 0 Å². The van der Waals surface area contributed by atoms with Gasteiger partial charge in [0.2, 0.25) is 0 Å². The number of nitrogens with two attached hydrogens (primary N) is 1. The number of carbonyl (C=O) groups is 1. The van der Waals surface area contributed by atoms with Crippen molar-refractivity contribution in [1.82, 2.24) is 0 Å². The minimum atomic E-state index is -0.527. The second kappa shape index (κ2) is 6.22. The molecule has 4 N–H and O–H groups in total. The molecule has 116 valence electrons. The predicted octanol–water partition coefficient (Wildman–Crippen LogP) is 2.82. The van der Waals surface area contributed by atoms with Crippen LogP contribution < -0.4 is 16.4 Å². The number of benzene rings is 1. The Balaban J connectivity index is 1.95. The maximum Gasteiger partial charge on any atom is 0.412 e. The van der Waals surface area contributed by atoms with E-state index in [0.717, 1.165) is 18.7 Å². The summed E-state index contributed by atoms with van der Waals surface area (Å²) in [5, 5.41) is 5.93. The summed E-state index contributed by atoms with van der Waals surface area (Å²) in [4.78, 5) is 11.7. The van der Waals surface area contributed by atoms with Gasteiger partial charge in [0.05, 0.1) is 17.5 Å². The van der Waals surface area contributed by atoms with Crippen LogP contribution in [0.3, 0.4) is 0 Å².